The monoisotopic (exact) mass is 540 g/mol. The Morgan fingerprint density at radius 1 is 0.537 bits per heavy atom. The van der Waals surface area contributed by atoms with Gasteiger partial charge in [-0.25, -0.2) is 0 Å². The Kier molecular flexibility index (Phi) is 6.88. The van der Waals surface area contributed by atoms with E-state index in [1.165, 1.54) is 30.3 Å². The molecule has 0 unspecified atom stereocenters. The number of aromatic hydroxyl groups is 1. The van der Waals surface area contributed by atoms with Gasteiger partial charge in [-0.05, 0) is 71.8 Å². The summed E-state index contributed by atoms with van der Waals surface area (Å²) in [7, 11) is 0. The van der Waals surface area contributed by atoms with E-state index >= 15 is 0 Å². The van der Waals surface area contributed by atoms with Gasteiger partial charge in [0.25, 0.3) is 0 Å². The van der Waals surface area contributed by atoms with Crippen LogP contribution in [0.2, 0.25) is 0 Å². The van der Waals surface area contributed by atoms with Gasteiger partial charge in [0.1, 0.15) is 30.5 Å². The molecule has 1 aliphatic rings. The third-order valence-corrected chi connectivity index (χ3v) is 6.82. The van der Waals surface area contributed by atoms with Gasteiger partial charge >= 0.3 is 0 Å². The highest BCUT2D eigenvalue weighted by Gasteiger charge is 2.20. The second-order valence-electron chi connectivity index (χ2n) is 9.79. The van der Waals surface area contributed by atoms with E-state index < -0.39 is 5.78 Å². The SMILES string of the molecule is O=C(c1cccc(O)c1)c1cc2cc(c1)C(=O)c1cccc(c1)OCc1cccc(c1)COc1cccc(c1)C2=O. The maximum Gasteiger partial charge on any atom is 0.193 e. The Bertz CT molecular complexity index is 1720. The summed E-state index contributed by atoms with van der Waals surface area (Å²) in [5.41, 5.74) is 3.33. The minimum Gasteiger partial charge on any atom is -0.508 e. The van der Waals surface area contributed by atoms with Gasteiger partial charge in [0, 0.05) is 33.4 Å². The maximum atomic E-state index is 13.7. The number of ether oxygens (including phenoxy) is 2. The molecule has 0 saturated heterocycles. The van der Waals surface area contributed by atoms with Crippen molar-refractivity contribution in [3.8, 4) is 17.2 Å². The number of hydrogen-bond donors (Lipinski definition) is 1. The van der Waals surface area contributed by atoms with Crippen molar-refractivity contribution in [2.75, 3.05) is 0 Å². The van der Waals surface area contributed by atoms with Crippen LogP contribution in [0.1, 0.15) is 58.9 Å². The normalized spacial score (nSPS) is 12.9. The lowest BCUT2D eigenvalue weighted by molar-refractivity contribution is 0.103. The maximum absolute atomic E-state index is 13.7. The molecule has 0 spiro atoms. The largest absolute Gasteiger partial charge is 0.508 e. The smallest absolute Gasteiger partial charge is 0.193 e. The fourth-order valence-corrected chi connectivity index (χ4v) is 4.76. The van der Waals surface area contributed by atoms with Crippen molar-refractivity contribution in [1.82, 2.24) is 0 Å². The topological polar surface area (TPSA) is 89.9 Å². The van der Waals surface area contributed by atoms with Gasteiger partial charge in [-0.1, -0.05) is 54.6 Å². The van der Waals surface area contributed by atoms with Crippen molar-refractivity contribution in [2.24, 2.45) is 0 Å². The molecule has 0 saturated carbocycles. The summed E-state index contributed by atoms with van der Waals surface area (Å²) in [5.74, 6) is -0.200. The van der Waals surface area contributed by atoms with Gasteiger partial charge in [-0.2, -0.15) is 0 Å². The van der Waals surface area contributed by atoms with Crippen molar-refractivity contribution in [2.45, 2.75) is 13.2 Å². The zero-order valence-corrected chi connectivity index (χ0v) is 21.9. The van der Waals surface area contributed by atoms with Crippen LogP contribution in [0.4, 0.5) is 0 Å². The quantitative estimate of drug-likeness (QED) is 0.255. The Hall–Kier alpha value is -5.49. The van der Waals surface area contributed by atoms with Crippen molar-refractivity contribution in [3.05, 3.63) is 160 Å². The molecule has 5 aromatic carbocycles. The van der Waals surface area contributed by atoms with Crippen LogP contribution >= 0.6 is 0 Å². The number of benzene rings is 5. The van der Waals surface area contributed by atoms with E-state index in [2.05, 4.69) is 0 Å². The minimum atomic E-state index is -0.429. The second kappa shape index (κ2) is 10.9. The highest BCUT2D eigenvalue weighted by atomic mass is 16.5. The third-order valence-electron chi connectivity index (χ3n) is 6.82. The Labute approximate surface area is 236 Å². The molecule has 6 nitrogen and oxygen atoms in total. The molecule has 0 radical (unpaired) electrons. The summed E-state index contributed by atoms with van der Waals surface area (Å²) in [4.78, 5) is 40.9. The second-order valence-corrected chi connectivity index (χ2v) is 9.79. The van der Waals surface area contributed by atoms with Crippen LogP contribution in [0, 0.1) is 0 Å². The fourth-order valence-electron chi connectivity index (χ4n) is 4.76. The van der Waals surface area contributed by atoms with Crippen LogP contribution in [0.25, 0.3) is 0 Å². The first-order valence-electron chi connectivity index (χ1n) is 13.0. The molecule has 200 valence electrons. The summed E-state index contributed by atoms with van der Waals surface area (Å²) in [5, 5.41) is 9.91. The first-order valence-corrected chi connectivity index (χ1v) is 13.0. The molecule has 0 fully saturated rings. The molecule has 5 aromatic rings. The number of hydrogen-bond acceptors (Lipinski definition) is 6. The number of rotatable bonds is 2. The third kappa shape index (κ3) is 5.63. The summed E-state index contributed by atoms with van der Waals surface area (Å²) in [6.07, 6.45) is 0. The predicted octanol–water partition coefficient (Wildman–Crippen LogP) is 6.56. The zero-order chi connectivity index (χ0) is 28.3. The molecule has 6 heteroatoms. The molecule has 0 aromatic heterocycles. The highest BCUT2D eigenvalue weighted by Crippen LogP contribution is 2.25. The molecule has 1 N–H and O–H groups in total. The standard InChI is InChI=1S/C35H24O6/c36-30-10-2-7-24(17-30)33(37)27-14-28-16-29(15-27)35(39)26-9-4-12-32(19-26)41-21-23-6-1-5-22(13-23)20-40-31-11-3-8-25(18-31)34(28)38/h1-19,36H,20-21H2. The lowest BCUT2D eigenvalue weighted by Gasteiger charge is -2.13. The number of phenols is 1. The zero-order valence-electron chi connectivity index (χ0n) is 21.9. The van der Waals surface area contributed by atoms with E-state index in [0.29, 0.717) is 35.8 Å². The molecule has 0 aliphatic carbocycles. The van der Waals surface area contributed by atoms with E-state index in [4.69, 9.17) is 9.47 Å². The van der Waals surface area contributed by atoms with E-state index in [1.54, 1.807) is 60.7 Å². The molecule has 6 rings (SSSR count). The number of ketones is 3. The van der Waals surface area contributed by atoms with Crippen molar-refractivity contribution in [3.63, 3.8) is 0 Å². The molecule has 1 heterocycles. The van der Waals surface area contributed by atoms with Crippen molar-refractivity contribution >= 4 is 17.3 Å². The molecule has 8 bridgehead atoms. The van der Waals surface area contributed by atoms with E-state index in [-0.39, 0.29) is 39.6 Å². The Morgan fingerprint density at radius 3 is 1.63 bits per heavy atom. The van der Waals surface area contributed by atoms with Crippen LogP contribution < -0.4 is 9.47 Å². The van der Waals surface area contributed by atoms with E-state index in [9.17, 15) is 19.5 Å². The predicted molar refractivity (Wildman–Crippen MR) is 153 cm³/mol. The van der Waals surface area contributed by atoms with Gasteiger partial charge in [-0.3, -0.25) is 14.4 Å². The number of fused-ring (bicyclic) bond motifs is 8. The average Bonchev–Trinajstić information content (AvgIpc) is 3.01. The highest BCUT2D eigenvalue weighted by molar-refractivity contribution is 6.17. The summed E-state index contributed by atoms with van der Waals surface area (Å²) in [6, 6.07) is 31.8. The Balaban J connectivity index is 1.48. The molecular weight excluding hydrogens is 516 g/mol. The summed E-state index contributed by atoms with van der Waals surface area (Å²) in [6.45, 7) is 0.598. The van der Waals surface area contributed by atoms with E-state index in [0.717, 1.165) is 11.1 Å². The van der Waals surface area contributed by atoms with Crippen LogP contribution in [0.15, 0.2) is 115 Å². The number of carbonyl (C=O) groups is 3. The van der Waals surface area contributed by atoms with Gasteiger partial charge in [0.05, 0.1) is 0 Å². The van der Waals surface area contributed by atoms with E-state index in [1.807, 2.05) is 24.3 Å². The molecule has 1 aliphatic heterocycles. The Morgan fingerprint density at radius 2 is 1.07 bits per heavy atom. The number of phenolic OH excluding ortho intramolecular Hbond substituents is 1. The lowest BCUT2D eigenvalue weighted by atomic mass is 9.92. The molecular formula is C35H24O6. The first kappa shape index (κ1) is 25.8. The first-order chi connectivity index (χ1) is 19.9. The van der Waals surface area contributed by atoms with Gasteiger partial charge in [-0.15, -0.1) is 0 Å². The lowest BCUT2D eigenvalue weighted by Crippen LogP contribution is -2.11. The van der Waals surface area contributed by atoms with Crippen LogP contribution in [0.5, 0.6) is 17.2 Å². The van der Waals surface area contributed by atoms with Gasteiger partial charge < -0.3 is 14.6 Å². The minimum absolute atomic E-state index is 0.0627. The summed E-state index contributed by atoms with van der Waals surface area (Å²) < 4.78 is 12.0. The van der Waals surface area contributed by atoms with Gasteiger partial charge in [0.15, 0.2) is 17.3 Å². The summed E-state index contributed by atoms with van der Waals surface area (Å²) >= 11 is 0. The van der Waals surface area contributed by atoms with Gasteiger partial charge in [0.2, 0.25) is 0 Å². The fraction of sp³-hybridized carbons (Fsp3) is 0.0571. The van der Waals surface area contributed by atoms with Crippen molar-refractivity contribution < 1.29 is 29.0 Å². The molecule has 41 heavy (non-hydrogen) atoms. The number of carbonyl (C=O) groups excluding carboxylic acids is 3. The van der Waals surface area contributed by atoms with Crippen LogP contribution in [-0.2, 0) is 13.2 Å². The molecule has 0 atom stereocenters. The van der Waals surface area contributed by atoms with Crippen LogP contribution in [-0.4, -0.2) is 22.5 Å². The average molecular weight is 541 g/mol. The van der Waals surface area contributed by atoms with Crippen molar-refractivity contribution in [1.29, 1.82) is 0 Å². The molecule has 0 amide bonds. The van der Waals surface area contributed by atoms with Crippen LogP contribution in [0.3, 0.4) is 0 Å².